The smallest absolute Gasteiger partial charge is 0.239 e. The van der Waals surface area contributed by atoms with Crippen molar-refractivity contribution in [2.75, 3.05) is 57.8 Å². The van der Waals surface area contributed by atoms with Crippen molar-refractivity contribution in [3.63, 3.8) is 0 Å². The van der Waals surface area contributed by atoms with E-state index in [1.165, 1.54) is 37.9 Å². The lowest BCUT2D eigenvalue weighted by Gasteiger charge is -2.28. The van der Waals surface area contributed by atoms with E-state index in [9.17, 15) is 4.79 Å². The predicted molar refractivity (Wildman–Crippen MR) is 126 cm³/mol. The van der Waals surface area contributed by atoms with Crippen molar-refractivity contribution < 1.29 is 4.79 Å². The Morgan fingerprint density at radius 1 is 1.11 bits per heavy atom. The second-order valence-electron chi connectivity index (χ2n) is 7.19. The topological polar surface area (TPSA) is 72.0 Å². The highest BCUT2D eigenvalue weighted by atomic mass is 127. The van der Waals surface area contributed by atoms with E-state index in [0.717, 1.165) is 37.8 Å². The van der Waals surface area contributed by atoms with Crippen molar-refractivity contribution in [2.45, 2.75) is 25.8 Å². The number of nitrogens with zero attached hydrogens (tertiary/aromatic N) is 3. The summed E-state index contributed by atoms with van der Waals surface area (Å²) in [5.41, 5.74) is 2.29. The number of halogens is 1. The summed E-state index contributed by atoms with van der Waals surface area (Å²) in [5.74, 6) is 0.926. The van der Waals surface area contributed by atoms with Gasteiger partial charge in [0.05, 0.1) is 6.54 Å². The van der Waals surface area contributed by atoms with E-state index < -0.39 is 0 Å². The number of benzene rings is 1. The Hall–Kier alpha value is -1.55. The van der Waals surface area contributed by atoms with Gasteiger partial charge in [-0.1, -0.05) is 18.6 Å². The second kappa shape index (κ2) is 12.1. The molecule has 0 atom stereocenters. The summed E-state index contributed by atoms with van der Waals surface area (Å²) in [4.78, 5) is 20.5. The van der Waals surface area contributed by atoms with Crippen LogP contribution in [-0.4, -0.2) is 69.6 Å². The lowest BCUT2D eigenvalue weighted by molar-refractivity contribution is -0.120. The Morgan fingerprint density at radius 2 is 1.86 bits per heavy atom. The third kappa shape index (κ3) is 7.12. The number of piperazine rings is 1. The number of carbonyl (C=O) groups is 1. The summed E-state index contributed by atoms with van der Waals surface area (Å²) >= 11 is 0. The highest BCUT2D eigenvalue weighted by Crippen LogP contribution is 2.16. The van der Waals surface area contributed by atoms with Crippen molar-refractivity contribution in [1.82, 2.24) is 20.9 Å². The number of piperidine rings is 1. The van der Waals surface area contributed by atoms with Crippen LogP contribution < -0.4 is 20.9 Å². The normalized spacial score (nSPS) is 18.2. The summed E-state index contributed by atoms with van der Waals surface area (Å²) < 4.78 is 0. The Balaban J connectivity index is 0.00000280. The molecule has 1 amide bonds. The minimum atomic E-state index is 0. The number of anilines is 1. The van der Waals surface area contributed by atoms with E-state index >= 15 is 0 Å². The molecule has 2 saturated heterocycles. The molecule has 0 radical (unpaired) electrons. The van der Waals surface area contributed by atoms with E-state index in [1.807, 2.05) is 0 Å². The van der Waals surface area contributed by atoms with Crippen molar-refractivity contribution in [3.8, 4) is 0 Å². The minimum Gasteiger partial charge on any atom is -0.360 e. The standard InChI is InChI=1S/C20H32N6O.HI/c1-21-20(23-9-13-25-11-3-2-4-12-25)24-15-17-5-7-18(8-6-17)26-14-10-22-19(27)16-26;/h5-8H,2-4,9-16H2,1H3,(H,22,27)(H2,21,23,24);1H. The fraction of sp³-hybridized carbons (Fsp3) is 0.600. The molecule has 28 heavy (non-hydrogen) atoms. The molecule has 8 heteroatoms. The Bertz CT molecular complexity index is 630. The Morgan fingerprint density at radius 3 is 2.54 bits per heavy atom. The van der Waals surface area contributed by atoms with Crippen LogP contribution in [0, 0.1) is 0 Å². The van der Waals surface area contributed by atoms with Gasteiger partial charge in [0.2, 0.25) is 5.91 Å². The number of guanidine groups is 1. The quantitative estimate of drug-likeness (QED) is 0.313. The van der Waals surface area contributed by atoms with Crippen LogP contribution in [0.15, 0.2) is 29.3 Å². The Labute approximate surface area is 185 Å². The van der Waals surface area contributed by atoms with Gasteiger partial charge in [0.15, 0.2) is 5.96 Å². The van der Waals surface area contributed by atoms with E-state index in [0.29, 0.717) is 13.1 Å². The van der Waals surface area contributed by atoms with Gasteiger partial charge in [-0.2, -0.15) is 0 Å². The molecule has 2 heterocycles. The molecule has 1 aromatic carbocycles. The molecule has 1 aromatic rings. The first-order chi connectivity index (χ1) is 13.2. The number of hydrogen-bond acceptors (Lipinski definition) is 4. The fourth-order valence-electron chi connectivity index (χ4n) is 3.61. The fourth-order valence-corrected chi connectivity index (χ4v) is 3.61. The molecule has 0 saturated carbocycles. The zero-order valence-corrected chi connectivity index (χ0v) is 19.1. The molecular weight excluding hydrogens is 467 g/mol. The van der Waals surface area contributed by atoms with Crippen molar-refractivity contribution in [3.05, 3.63) is 29.8 Å². The first-order valence-electron chi connectivity index (χ1n) is 10.0. The lowest BCUT2D eigenvalue weighted by Crippen LogP contribution is -2.47. The van der Waals surface area contributed by atoms with E-state index in [1.54, 1.807) is 7.05 Å². The SMILES string of the molecule is CN=C(NCCN1CCCCC1)NCc1ccc(N2CCNC(=O)C2)cc1.I. The summed E-state index contributed by atoms with van der Waals surface area (Å²) in [6.07, 6.45) is 4.02. The molecule has 3 N–H and O–H groups in total. The molecule has 2 fully saturated rings. The molecule has 156 valence electrons. The van der Waals surface area contributed by atoms with Gasteiger partial charge in [-0.15, -0.1) is 24.0 Å². The largest absolute Gasteiger partial charge is 0.360 e. The molecule has 3 rings (SSSR count). The van der Waals surface area contributed by atoms with Crippen LogP contribution in [-0.2, 0) is 11.3 Å². The van der Waals surface area contributed by atoms with Crippen molar-refractivity contribution in [1.29, 1.82) is 0 Å². The zero-order valence-electron chi connectivity index (χ0n) is 16.7. The lowest BCUT2D eigenvalue weighted by atomic mass is 10.1. The average Bonchev–Trinajstić information content (AvgIpc) is 2.72. The van der Waals surface area contributed by atoms with Gasteiger partial charge in [-0.05, 0) is 43.6 Å². The molecular formula is C20H33IN6O. The van der Waals surface area contributed by atoms with E-state index in [2.05, 4.69) is 55.0 Å². The zero-order chi connectivity index (χ0) is 18.9. The van der Waals surface area contributed by atoms with E-state index in [4.69, 9.17) is 0 Å². The first-order valence-corrected chi connectivity index (χ1v) is 10.0. The number of amides is 1. The number of likely N-dealkylation sites (tertiary alicyclic amines) is 1. The molecule has 0 bridgehead atoms. The molecule has 0 unspecified atom stereocenters. The van der Waals surface area contributed by atoms with E-state index in [-0.39, 0.29) is 29.9 Å². The van der Waals surface area contributed by atoms with Gasteiger partial charge in [-0.3, -0.25) is 9.79 Å². The molecule has 0 aromatic heterocycles. The highest BCUT2D eigenvalue weighted by Gasteiger charge is 2.16. The predicted octanol–water partition coefficient (Wildman–Crippen LogP) is 1.39. The van der Waals surface area contributed by atoms with Crippen LogP contribution in [0.4, 0.5) is 5.69 Å². The highest BCUT2D eigenvalue weighted by molar-refractivity contribution is 14.0. The van der Waals surface area contributed by atoms with Crippen LogP contribution in [0.3, 0.4) is 0 Å². The monoisotopic (exact) mass is 500 g/mol. The Kier molecular flexibility index (Phi) is 9.83. The molecule has 2 aliphatic rings. The third-order valence-corrected chi connectivity index (χ3v) is 5.19. The first kappa shape index (κ1) is 22.7. The summed E-state index contributed by atoms with van der Waals surface area (Å²) in [7, 11) is 1.81. The molecule has 0 spiro atoms. The second-order valence-corrected chi connectivity index (χ2v) is 7.19. The summed E-state index contributed by atoms with van der Waals surface area (Å²) in [5, 5.41) is 9.63. The van der Waals surface area contributed by atoms with Crippen LogP contribution >= 0.6 is 24.0 Å². The number of aliphatic imine (C=N–C) groups is 1. The number of nitrogens with one attached hydrogen (secondary N) is 3. The minimum absolute atomic E-state index is 0. The van der Waals surface area contributed by atoms with Crippen LogP contribution in [0.5, 0.6) is 0 Å². The van der Waals surface area contributed by atoms with Crippen LogP contribution in [0.1, 0.15) is 24.8 Å². The summed E-state index contributed by atoms with van der Waals surface area (Å²) in [6.45, 7) is 7.15. The maximum Gasteiger partial charge on any atom is 0.239 e. The van der Waals surface area contributed by atoms with Crippen molar-refractivity contribution in [2.24, 2.45) is 4.99 Å². The number of hydrogen-bond donors (Lipinski definition) is 3. The maximum absolute atomic E-state index is 11.5. The summed E-state index contributed by atoms with van der Waals surface area (Å²) in [6, 6.07) is 8.38. The van der Waals surface area contributed by atoms with Gasteiger partial charge in [-0.25, -0.2) is 0 Å². The van der Waals surface area contributed by atoms with Gasteiger partial charge in [0, 0.05) is 45.5 Å². The van der Waals surface area contributed by atoms with Crippen molar-refractivity contribution >= 4 is 41.5 Å². The van der Waals surface area contributed by atoms with Gasteiger partial charge in [0.1, 0.15) is 0 Å². The molecule has 2 aliphatic heterocycles. The number of carbonyl (C=O) groups excluding carboxylic acids is 1. The number of rotatable bonds is 6. The van der Waals surface area contributed by atoms with Gasteiger partial charge in [0.25, 0.3) is 0 Å². The maximum atomic E-state index is 11.5. The van der Waals surface area contributed by atoms with Gasteiger partial charge < -0.3 is 25.8 Å². The van der Waals surface area contributed by atoms with Gasteiger partial charge >= 0.3 is 0 Å². The van der Waals surface area contributed by atoms with Crippen LogP contribution in [0.2, 0.25) is 0 Å². The van der Waals surface area contributed by atoms with Crippen LogP contribution in [0.25, 0.3) is 0 Å². The average molecular weight is 500 g/mol. The molecule has 7 nitrogen and oxygen atoms in total. The third-order valence-electron chi connectivity index (χ3n) is 5.19. The molecule has 0 aliphatic carbocycles.